The summed E-state index contributed by atoms with van der Waals surface area (Å²) in [6.45, 7) is 4.32. The Kier molecular flexibility index (Phi) is 12.7. The highest BCUT2D eigenvalue weighted by molar-refractivity contribution is 5.89. The van der Waals surface area contributed by atoms with Crippen LogP contribution in [-0.4, -0.2) is 59.8 Å². The summed E-state index contributed by atoms with van der Waals surface area (Å²) in [6, 6.07) is 47.3. The van der Waals surface area contributed by atoms with Crippen molar-refractivity contribution in [1.29, 1.82) is 0 Å². The zero-order chi connectivity index (χ0) is 41.3. The van der Waals surface area contributed by atoms with Crippen molar-refractivity contribution < 1.29 is 29.0 Å². The van der Waals surface area contributed by atoms with Gasteiger partial charge in [-0.05, 0) is 76.3 Å². The lowest BCUT2D eigenvalue weighted by molar-refractivity contribution is -0.384. The van der Waals surface area contributed by atoms with E-state index in [1.807, 2.05) is 115 Å². The van der Waals surface area contributed by atoms with Gasteiger partial charge in [-0.15, -0.1) is 0 Å². The predicted molar refractivity (Wildman–Crippen MR) is 231 cm³/mol. The van der Waals surface area contributed by atoms with Crippen LogP contribution in [0.15, 0.2) is 152 Å². The van der Waals surface area contributed by atoms with Gasteiger partial charge >= 0.3 is 6.03 Å². The molecular weight excluding hydrogens is 759 g/mol. The molecule has 8 rings (SSSR count). The first-order valence-corrected chi connectivity index (χ1v) is 20.2. The van der Waals surface area contributed by atoms with Crippen molar-refractivity contribution in [3.05, 3.63) is 184 Å². The number of nitrogens with one attached hydrogen (secondary N) is 2. The Hall–Kier alpha value is -6.57. The second-order valence-electron chi connectivity index (χ2n) is 14.9. The predicted octanol–water partition coefficient (Wildman–Crippen LogP) is 9.24. The SMILES string of the molecule is O=C(NCc1ccccc1-c1ccc(C2OC(CN3CCN(c4ccc([N+](=O)[O-])cc4)CC3)CC(c3ccc(CO)cc3)O2)cc1)Nc1ccc(Oc2ccccc2)cc1. The maximum atomic E-state index is 12.9. The number of nitrogens with zero attached hydrogens (tertiary/aromatic N) is 3. The number of urea groups is 1. The Morgan fingerprint density at radius 1 is 0.750 bits per heavy atom. The van der Waals surface area contributed by atoms with Crippen LogP contribution in [0, 0.1) is 10.1 Å². The highest BCUT2D eigenvalue weighted by atomic mass is 16.7. The van der Waals surface area contributed by atoms with Crippen molar-refractivity contribution in [3.8, 4) is 22.6 Å². The van der Waals surface area contributed by atoms with E-state index in [2.05, 4.69) is 32.6 Å². The lowest BCUT2D eigenvalue weighted by atomic mass is 9.97. The van der Waals surface area contributed by atoms with Gasteiger partial charge in [0.15, 0.2) is 6.29 Å². The highest BCUT2D eigenvalue weighted by Crippen LogP contribution is 2.39. The third-order valence-electron chi connectivity index (χ3n) is 10.9. The van der Waals surface area contributed by atoms with Crippen LogP contribution in [0.4, 0.5) is 21.9 Å². The van der Waals surface area contributed by atoms with E-state index >= 15 is 0 Å². The van der Waals surface area contributed by atoms with E-state index in [1.165, 1.54) is 0 Å². The van der Waals surface area contributed by atoms with Crippen LogP contribution < -0.4 is 20.3 Å². The molecule has 2 fully saturated rings. The Bertz CT molecular complexity index is 2340. The number of rotatable bonds is 13. The molecule has 6 aromatic rings. The molecule has 2 aliphatic rings. The molecule has 2 saturated heterocycles. The van der Waals surface area contributed by atoms with Crippen LogP contribution in [0.2, 0.25) is 0 Å². The van der Waals surface area contributed by atoms with E-state index in [4.69, 9.17) is 14.2 Å². The molecule has 3 N–H and O–H groups in total. The van der Waals surface area contributed by atoms with Crippen LogP contribution in [0.1, 0.15) is 41.1 Å². The summed E-state index contributed by atoms with van der Waals surface area (Å²) >= 11 is 0. The number of aliphatic hydroxyl groups excluding tert-OH is 1. The lowest BCUT2D eigenvalue weighted by Crippen LogP contribution is -2.49. The summed E-state index contributed by atoms with van der Waals surface area (Å²) in [5.74, 6) is 1.42. The molecule has 306 valence electrons. The molecule has 2 amide bonds. The van der Waals surface area contributed by atoms with E-state index < -0.39 is 6.29 Å². The number of para-hydroxylation sites is 1. The first-order valence-electron chi connectivity index (χ1n) is 20.2. The quantitative estimate of drug-likeness (QED) is 0.0770. The number of amides is 2. The average Bonchev–Trinajstić information content (AvgIpc) is 3.30. The molecule has 0 radical (unpaired) electrons. The Morgan fingerprint density at radius 2 is 1.42 bits per heavy atom. The van der Waals surface area contributed by atoms with Crippen molar-refractivity contribution in [1.82, 2.24) is 10.2 Å². The van der Waals surface area contributed by atoms with Crippen LogP contribution in [0.5, 0.6) is 11.5 Å². The number of carbonyl (C=O) groups is 1. The first-order chi connectivity index (χ1) is 29.4. The summed E-state index contributed by atoms with van der Waals surface area (Å²) < 4.78 is 19.2. The fourth-order valence-corrected chi connectivity index (χ4v) is 7.65. The minimum Gasteiger partial charge on any atom is -0.457 e. The molecule has 6 aromatic carbocycles. The van der Waals surface area contributed by atoms with E-state index in [0.717, 1.165) is 77.5 Å². The molecule has 0 spiro atoms. The van der Waals surface area contributed by atoms with Gasteiger partial charge in [0.2, 0.25) is 0 Å². The second-order valence-corrected chi connectivity index (χ2v) is 14.9. The van der Waals surface area contributed by atoms with Crippen LogP contribution >= 0.6 is 0 Å². The Labute approximate surface area is 349 Å². The monoisotopic (exact) mass is 805 g/mol. The van der Waals surface area contributed by atoms with Gasteiger partial charge in [0, 0.05) is 74.8 Å². The zero-order valence-electron chi connectivity index (χ0n) is 33.1. The van der Waals surface area contributed by atoms with Gasteiger partial charge in [-0.2, -0.15) is 0 Å². The smallest absolute Gasteiger partial charge is 0.319 e. The third-order valence-corrected chi connectivity index (χ3v) is 10.9. The molecule has 3 atom stereocenters. The largest absolute Gasteiger partial charge is 0.457 e. The third kappa shape index (κ3) is 10.2. The van der Waals surface area contributed by atoms with Crippen LogP contribution in [0.3, 0.4) is 0 Å². The summed E-state index contributed by atoms with van der Waals surface area (Å²) in [6.07, 6.45) is -0.227. The number of benzene rings is 6. The molecule has 0 saturated carbocycles. The Balaban J connectivity index is 0.903. The highest BCUT2D eigenvalue weighted by Gasteiger charge is 2.34. The number of nitro groups is 1. The van der Waals surface area contributed by atoms with Crippen LogP contribution in [0.25, 0.3) is 11.1 Å². The molecular formula is C48H47N5O7. The molecule has 12 nitrogen and oxygen atoms in total. The van der Waals surface area contributed by atoms with Crippen molar-refractivity contribution in [2.45, 2.75) is 38.1 Å². The minimum absolute atomic E-state index is 0.0226. The van der Waals surface area contributed by atoms with Gasteiger partial charge in [0.05, 0.1) is 23.7 Å². The second kappa shape index (κ2) is 19.0. The maximum absolute atomic E-state index is 12.9. The summed E-state index contributed by atoms with van der Waals surface area (Å²) in [5, 5.41) is 26.7. The normalized spacial score (nSPS) is 18.1. The molecule has 0 bridgehead atoms. The fourth-order valence-electron chi connectivity index (χ4n) is 7.65. The van der Waals surface area contributed by atoms with Gasteiger partial charge in [0.25, 0.3) is 5.69 Å². The summed E-state index contributed by atoms with van der Waals surface area (Å²) in [4.78, 5) is 28.3. The van der Waals surface area contributed by atoms with Gasteiger partial charge in [-0.3, -0.25) is 15.0 Å². The number of hydrogen-bond acceptors (Lipinski definition) is 9. The van der Waals surface area contributed by atoms with Crippen molar-refractivity contribution in [2.24, 2.45) is 0 Å². The maximum Gasteiger partial charge on any atom is 0.319 e. The van der Waals surface area contributed by atoms with Crippen molar-refractivity contribution in [2.75, 3.05) is 42.9 Å². The number of nitro benzene ring substituents is 1. The number of carbonyl (C=O) groups excluding carboxylic acids is 1. The van der Waals surface area contributed by atoms with Gasteiger partial charge in [-0.25, -0.2) is 4.79 Å². The number of non-ortho nitro benzene ring substituents is 1. The Morgan fingerprint density at radius 3 is 2.12 bits per heavy atom. The minimum atomic E-state index is -0.596. The fraction of sp³-hybridized carbons (Fsp3) is 0.229. The van der Waals surface area contributed by atoms with Crippen molar-refractivity contribution in [3.63, 3.8) is 0 Å². The van der Waals surface area contributed by atoms with Gasteiger partial charge in [-0.1, -0.05) is 91.0 Å². The number of aliphatic hydroxyl groups is 1. The van der Waals surface area contributed by atoms with Crippen molar-refractivity contribution >= 4 is 23.1 Å². The van der Waals surface area contributed by atoms with E-state index in [0.29, 0.717) is 24.4 Å². The lowest BCUT2D eigenvalue weighted by Gasteiger charge is -2.41. The van der Waals surface area contributed by atoms with E-state index in [1.54, 1.807) is 24.3 Å². The average molecular weight is 806 g/mol. The topological polar surface area (TPSA) is 139 Å². The molecule has 0 aromatic heterocycles. The number of ether oxygens (including phenoxy) is 3. The molecule has 3 unspecified atom stereocenters. The van der Waals surface area contributed by atoms with E-state index in [9.17, 15) is 20.0 Å². The standard InChI is InChI=1S/C48H47N5O7/c54-33-34-10-12-36(13-11-34)46-30-44(32-51-26-28-52(29-27-51)40-20-22-41(23-21-40)53(56)57)59-47(60-46)37-16-14-35(15-17-37)45-9-5-4-6-38(45)31-49-48(55)50-39-18-24-43(25-19-39)58-42-7-2-1-3-8-42/h1-25,44,46-47,54H,26-33H2,(H2,49,50,55). The molecule has 60 heavy (non-hydrogen) atoms. The molecule has 2 aliphatic heterocycles. The van der Waals surface area contributed by atoms with Gasteiger partial charge < -0.3 is 34.9 Å². The van der Waals surface area contributed by atoms with E-state index in [-0.39, 0.29) is 35.5 Å². The number of piperazine rings is 1. The number of hydrogen-bond donors (Lipinski definition) is 3. The summed E-state index contributed by atoms with van der Waals surface area (Å²) in [7, 11) is 0. The molecule has 2 heterocycles. The molecule has 0 aliphatic carbocycles. The molecule has 12 heteroatoms. The summed E-state index contributed by atoms with van der Waals surface area (Å²) in [5.41, 5.74) is 7.47. The number of anilines is 2. The zero-order valence-corrected chi connectivity index (χ0v) is 33.1. The first kappa shape index (κ1) is 40.2. The van der Waals surface area contributed by atoms with Gasteiger partial charge in [0.1, 0.15) is 11.5 Å². The van der Waals surface area contributed by atoms with Crippen LogP contribution in [-0.2, 0) is 22.6 Å².